The lowest BCUT2D eigenvalue weighted by molar-refractivity contribution is -0.0379. The second-order valence-electron chi connectivity index (χ2n) is 7.36. The van der Waals surface area contributed by atoms with Gasteiger partial charge < -0.3 is 15.2 Å². The Morgan fingerprint density at radius 3 is 2.76 bits per heavy atom. The van der Waals surface area contributed by atoms with Crippen LogP contribution in [0.1, 0.15) is 51.5 Å². The second-order valence-corrected chi connectivity index (χ2v) is 9.99. The summed E-state index contributed by atoms with van der Waals surface area (Å²) < 4.78 is 5.98. The minimum absolute atomic E-state index is 0.00148. The summed E-state index contributed by atoms with van der Waals surface area (Å²) in [6, 6.07) is -0.00148. The Kier molecular flexibility index (Phi) is 5.58. The van der Waals surface area contributed by atoms with Crippen molar-refractivity contribution in [3.8, 4) is 0 Å². The smallest absolute Gasteiger partial charge is 0.191 e. The van der Waals surface area contributed by atoms with Crippen molar-refractivity contribution in [1.82, 2.24) is 9.97 Å². The first-order chi connectivity index (χ1) is 11.8. The molecule has 0 spiro atoms. The predicted octanol–water partition coefficient (Wildman–Crippen LogP) is 4.23. The third kappa shape index (κ3) is 4.10. The number of nitrogens with one attached hydrogen (secondary N) is 1. The molecule has 1 atom stereocenters. The number of fused-ring (bicyclic) bond motifs is 3. The number of hydrogen-bond donors (Lipinski definition) is 2. The van der Waals surface area contributed by atoms with Gasteiger partial charge in [0.25, 0.3) is 0 Å². The van der Waals surface area contributed by atoms with Gasteiger partial charge in [0, 0.05) is 16.5 Å². The molecule has 0 bridgehead atoms. The molecule has 1 aliphatic heterocycles. The van der Waals surface area contributed by atoms with E-state index in [2.05, 4.69) is 39.9 Å². The molecule has 0 aromatic carbocycles. The molecule has 0 aliphatic carbocycles. The van der Waals surface area contributed by atoms with E-state index >= 15 is 0 Å². The molecular formula is C18H27N3O2S2. The molecule has 0 amide bonds. The highest BCUT2D eigenvalue weighted by Gasteiger charge is 2.31. The van der Waals surface area contributed by atoms with Crippen LogP contribution in [0.3, 0.4) is 0 Å². The van der Waals surface area contributed by atoms with E-state index in [4.69, 9.17) is 14.7 Å². The summed E-state index contributed by atoms with van der Waals surface area (Å²) in [6.07, 6.45) is 1.70. The Morgan fingerprint density at radius 2 is 2.12 bits per heavy atom. The molecular weight excluding hydrogens is 354 g/mol. The number of rotatable bonds is 6. The lowest BCUT2D eigenvalue weighted by atomic mass is 9.94. The molecule has 2 aromatic rings. The Morgan fingerprint density at radius 1 is 1.36 bits per heavy atom. The standard InChI is InChI=1S/C18H27N3O2S2/c1-6-11(8-22)19-15-14-12-7-18(4,5)23-9-13(12)25-16(14)21-17(20-15)24-10(2)3/h10-11,22H,6-9H2,1-5H3,(H,19,20,21). The molecule has 1 aliphatic rings. The number of thioether (sulfide) groups is 1. The molecule has 1 unspecified atom stereocenters. The monoisotopic (exact) mass is 381 g/mol. The van der Waals surface area contributed by atoms with Crippen LogP contribution in [0.2, 0.25) is 0 Å². The van der Waals surface area contributed by atoms with E-state index < -0.39 is 0 Å². The first-order valence-corrected chi connectivity index (χ1v) is 10.5. The molecule has 25 heavy (non-hydrogen) atoms. The third-order valence-electron chi connectivity index (χ3n) is 4.31. The van der Waals surface area contributed by atoms with Gasteiger partial charge in [-0.1, -0.05) is 32.5 Å². The van der Waals surface area contributed by atoms with Gasteiger partial charge in [-0.15, -0.1) is 11.3 Å². The van der Waals surface area contributed by atoms with Crippen LogP contribution < -0.4 is 5.32 Å². The Balaban J connectivity index is 2.12. The zero-order chi connectivity index (χ0) is 18.2. The summed E-state index contributed by atoms with van der Waals surface area (Å²) in [7, 11) is 0. The van der Waals surface area contributed by atoms with Gasteiger partial charge >= 0.3 is 0 Å². The highest BCUT2D eigenvalue weighted by Crippen LogP contribution is 2.41. The molecule has 3 heterocycles. The lowest BCUT2D eigenvalue weighted by Crippen LogP contribution is -2.31. The Bertz CT molecular complexity index is 754. The molecule has 0 saturated carbocycles. The second kappa shape index (κ2) is 7.39. The molecule has 7 heteroatoms. The Hall–Kier alpha value is -0.890. The molecule has 0 fully saturated rings. The number of hydrogen-bond acceptors (Lipinski definition) is 7. The van der Waals surface area contributed by atoms with Crippen molar-refractivity contribution in [3.63, 3.8) is 0 Å². The first kappa shape index (κ1) is 18.9. The summed E-state index contributed by atoms with van der Waals surface area (Å²) in [5, 5.41) is 15.4. The predicted molar refractivity (Wildman–Crippen MR) is 106 cm³/mol. The van der Waals surface area contributed by atoms with Gasteiger partial charge in [-0.25, -0.2) is 9.97 Å². The Labute approximate surface area is 157 Å². The number of thiophene rings is 1. The zero-order valence-corrected chi connectivity index (χ0v) is 17.2. The zero-order valence-electron chi connectivity index (χ0n) is 15.5. The fraction of sp³-hybridized carbons (Fsp3) is 0.667. The van der Waals surface area contributed by atoms with Gasteiger partial charge in [-0.3, -0.25) is 0 Å². The first-order valence-electron chi connectivity index (χ1n) is 8.83. The van der Waals surface area contributed by atoms with Gasteiger partial charge in [0.15, 0.2) is 5.16 Å². The van der Waals surface area contributed by atoms with Gasteiger partial charge in [-0.2, -0.15) is 0 Å². The average molecular weight is 382 g/mol. The van der Waals surface area contributed by atoms with E-state index in [0.717, 1.165) is 34.0 Å². The maximum atomic E-state index is 9.62. The van der Waals surface area contributed by atoms with Crippen molar-refractivity contribution in [1.29, 1.82) is 0 Å². The summed E-state index contributed by atoms with van der Waals surface area (Å²) in [5.74, 6) is 0.851. The van der Waals surface area contributed by atoms with Crippen LogP contribution in [0, 0.1) is 0 Å². The summed E-state index contributed by atoms with van der Waals surface area (Å²) in [6.45, 7) is 11.3. The number of anilines is 1. The van der Waals surface area contributed by atoms with Crippen molar-refractivity contribution >= 4 is 39.1 Å². The quantitative estimate of drug-likeness (QED) is 0.577. The van der Waals surface area contributed by atoms with Crippen molar-refractivity contribution in [2.45, 2.75) is 76.1 Å². The third-order valence-corrected chi connectivity index (χ3v) is 6.27. The molecule has 0 saturated heterocycles. The van der Waals surface area contributed by atoms with E-state index in [1.807, 2.05) is 0 Å². The SMILES string of the molecule is CCC(CO)Nc1nc(SC(C)C)nc2sc3c(c12)CC(C)(C)OC3. The number of aliphatic hydroxyl groups excluding tert-OH is 1. The van der Waals surface area contributed by atoms with Crippen LogP contribution >= 0.6 is 23.1 Å². The molecule has 2 N–H and O–H groups in total. The van der Waals surface area contributed by atoms with Crippen LogP contribution in [-0.2, 0) is 17.8 Å². The normalized spacial score (nSPS) is 17.7. The van der Waals surface area contributed by atoms with Crippen molar-refractivity contribution in [2.24, 2.45) is 0 Å². The summed E-state index contributed by atoms with van der Waals surface area (Å²) >= 11 is 3.37. The summed E-state index contributed by atoms with van der Waals surface area (Å²) in [4.78, 5) is 11.9. The van der Waals surface area contributed by atoms with Gasteiger partial charge in [0.1, 0.15) is 10.6 Å². The molecule has 5 nitrogen and oxygen atoms in total. The van der Waals surface area contributed by atoms with Crippen LogP contribution in [0.25, 0.3) is 10.2 Å². The van der Waals surface area contributed by atoms with Crippen molar-refractivity contribution in [3.05, 3.63) is 10.4 Å². The van der Waals surface area contributed by atoms with E-state index in [1.54, 1.807) is 23.1 Å². The average Bonchev–Trinajstić information content (AvgIpc) is 2.88. The van der Waals surface area contributed by atoms with Crippen LogP contribution in [-0.4, -0.2) is 38.6 Å². The van der Waals surface area contributed by atoms with Crippen LogP contribution in [0.5, 0.6) is 0 Å². The van der Waals surface area contributed by atoms with Crippen molar-refractivity contribution < 1.29 is 9.84 Å². The van der Waals surface area contributed by atoms with Gasteiger partial charge in [0.2, 0.25) is 0 Å². The van der Waals surface area contributed by atoms with E-state index in [0.29, 0.717) is 11.9 Å². The molecule has 3 rings (SSSR count). The van der Waals surface area contributed by atoms with Crippen LogP contribution in [0.15, 0.2) is 5.16 Å². The topological polar surface area (TPSA) is 67.3 Å². The molecule has 2 aromatic heterocycles. The number of aliphatic hydroxyl groups is 1. The highest BCUT2D eigenvalue weighted by atomic mass is 32.2. The van der Waals surface area contributed by atoms with Gasteiger partial charge in [-0.05, 0) is 25.8 Å². The van der Waals surface area contributed by atoms with Crippen LogP contribution in [0.4, 0.5) is 5.82 Å². The van der Waals surface area contributed by atoms with Gasteiger partial charge in [0.05, 0.1) is 30.2 Å². The maximum absolute atomic E-state index is 9.62. The summed E-state index contributed by atoms with van der Waals surface area (Å²) in [5.41, 5.74) is 1.12. The fourth-order valence-electron chi connectivity index (χ4n) is 2.96. The number of aromatic nitrogens is 2. The molecule has 0 radical (unpaired) electrons. The fourth-order valence-corrected chi connectivity index (χ4v) is 4.83. The minimum atomic E-state index is -0.176. The molecule has 138 valence electrons. The number of ether oxygens (including phenoxy) is 1. The van der Waals surface area contributed by atoms with E-state index in [1.165, 1.54) is 10.4 Å². The largest absolute Gasteiger partial charge is 0.394 e. The minimum Gasteiger partial charge on any atom is -0.394 e. The lowest BCUT2D eigenvalue weighted by Gasteiger charge is -2.30. The van der Waals surface area contributed by atoms with E-state index in [9.17, 15) is 5.11 Å². The van der Waals surface area contributed by atoms with E-state index in [-0.39, 0.29) is 18.2 Å². The maximum Gasteiger partial charge on any atom is 0.191 e. The highest BCUT2D eigenvalue weighted by molar-refractivity contribution is 7.99. The van der Waals surface area contributed by atoms with Crippen molar-refractivity contribution in [2.75, 3.05) is 11.9 Å². The number of nitrogens with zero attached hydrogens (tertiary/aromatic N) is 2.